The number of aliphatic carboxylic acids is 1. The van der Waals surface area contributed by atoms with Crippen LogP contribution in [0.25, 0.3) is 11.1 Å². The molecule has 0 saturated heterocycles. The standard InChI is InChI=1S/C26H27ClN2O6S/c27-22-13-9-20(10-14-22)21-11-15-23(16-12-21)36(33,34)29-24(25(30)31)8-4-5-17-28-26(32)35-18-19-6-2-1-3-7-19/h1-3,6-7,9-16,24,29H,4-5,8,17-18H2,(H,28,32)(H,30,31)/t24-/m0/s1. The van der Waals surface area contributed by atoms with Gasteiger partial charge in [0.1, 0.15) is 12.6 Å². The predicted molar refractivity (Wildman–Crippen MR) is 137 cm³/mol. The molecule has 1 amide bonds. The van der Waals surface area contributed by atoms with Crippen LogP contribution in [0.5, 0.6) is 0 Å². The van der Waals surface area contributed by atoms with Gasteiger partial charge in [0.15, 0.2) is 0 Å². The van der Waals surface area contributed by atoms with Crippen LogP contribution < -0.4 is 10.0 Å². The number of rotatable bonds is 12. The largest absolute Gasteiger partial charge is 0.480 e. The first kappa shape index (κ1) is 27.2. The Hall–Kier alpha value is -3.40. The van der Waals surface area contributed by atoms with Crippen LogP contribution in [0.2, 0.25) is 5.02 Å². The first-order valence-electron chi connectivity index (χ1n) is 11.3. The minimum absolute atomic E-state index is 0.0331. The number of carbonyl (C=O) groups is 2. The molecule has 0 unspecified atom stereocenters. The number of hydrogen-bond acceptors (Lipinski definition) is 5. The lowest BCUT2D eigenvalue weighted by molar-refractivity contribution is -0.139. The number of benzene rings is 3. The van der Waals surface area contributed by atoms with Gasteiger partial charge in [-0.3, -0.25) is 4.79 Å². The van der Waals surface area contributed by atoms with Crippen LogP contribution in [0.4, 0.5) is 4.79 Å². The van der Waals surface area contributed by atoms with Crippen LogP contribution in [0.1, 0.15) is 24.8 Å². The highest BCUT2D eigenvalue weighted by molar-refractivity contribution is 7.89. The van der Waals surface area contributed by atoms with Crippen LogP contribution in [0.15, 0.2) is 83.8 Å². The molecule has 0 heterocycles. The number of alkyl carbamates (subject to hydrolysis) is 1. The van der Waals surface area contributed by atoms with Crippen LogP contribution in [0, 0.1) is 0 Å². The van der Waals surface area contributed by atoms with Gasteiger partial charge in [-0.15, -0.1) is 0 Å². The second-order valence-electron chi connectivity index (χ2n) is 8.03. The van der Waals surface area contributed by atoms with Crippen molar-refractivity contribution >= 4 is 33.7 Å². The Morgan fingerprint density at radius 2 is 1.50 bits per heavy atom. The van der Waals surface area contributed by atoms with E-state index < -0.39 is 28.1 Å². The summed E-state index contributed by atoms with van der Waals surface area (Å²) in [5, 5.41) is 12.7. The molecule has 0 aliphatic carbocycles. The van der Waals surface area contributed by atoms with Gasteiger partial charge in [-0.1, -0.05) is 66.2 Å². The maximum atomic E-state index is 12.7. The van der Waals surface area contributed by atoms with E-state index in [9.17, 15) is 23.1 Å². The van der Waals surface area contributed by atoms with E-state index in [4.69, 9.17) is 16.3 Å². The van der Waals surface area contributed by atoms with E-state index in [1.165, 1.54) is 12.1 Å². The Bertz CT molecular complexity index is 1250. The van der Waals surface area contributed by atoms with Crippen LogP contribution >= 0.6 is 11.6 Å². The highest BCUT2D eigenvalue weighted by atomic mass is 35.5. The lowest BCUT2D eigenvalue weighted by Gasteiger charge is -2.15. The van der Waals surface area contributed by atoms with Crippen molar-refractivity contribution in [2.24, 2.45) is 0 Å². The van der Waals surface area contributed by atoms with Gasteiger partial charge in [-0.05, 0) is 60.2 Å². The first-order valence-corrected chi connectivity index (χ1v) is 13.2. The average molecular weight is 531 g/mol. The molecule has 0 aromatic heterocycles. The summed E-state index contributed by atoms with van der Waals surface area (Å²) in [6.07, 6.45) is 0.338. The van der Waals surface area contributed by atoms with E-state index in [-0.39, 0.29) is 24.5 Å². The smallest absolute Gasteiger partial charge is 0.407 e. The number of ether oxygens (including phenoxy) is 1. The molecule has 36 heavy (non-hydrogen) atoms. The lowest BCUT2D eigenvalue weighted by atomic mass is 10.1. The third-order valence-corrected chi connectivity index (χ3v) is 7.08. The van der Waals surface area contributed by atoms with Crippen molar-refractivity contribution in [2.45, 2.75) is 36.8 Å². The molecular weight excluding hydrogens is 504 g/mol. The predicted octanol–water partition coefficient (Wildman–Crippen LogP) is 4.84. The molecule has 0 aliphatic heterocycles. The van der Waals surface area contributed by atoms with E-state index >= 15 is 0 Å². The SMILES string of the molecule is O=C(NCCCC[C@H](NS(=O)(=O)c1ccc(-c2ccc(Cl)cc2)cc1)C(=O)O)OCc1ccccc1. The highest BCUT2D eigenvalue weighted by Gasteiger charge is 2.25. The molecule has 3 N–H and O–H groups in total. The van der Waals surface area contributed by atoms with Gasteiger partial charge in [0.2, 0.25) is 10.0 Å². The van der Waals surface area contributed by atoms with Gasteiger partial charge in [-0.2, -0.15) is 4.72 Å². The van der Waals surface area contributed by atoms with E-state index in [0.29, 0.717) is 17.9 Å². The topological polar surface area (TPSA) is 122 Å². The number of halogens is 1. The number of unbranched alkanes of at least 4 members (excludes halogenated alkanes) is 1. The third kappa shape index (κ3) is 8.37. The van der Waals surface area contributed by atoms with E-state index in [2.05, 4.69) is 10.0 Å². The summed E-state index contributed by atoms with van der Waals surface area (Å²) < 4.78 is 32.8. The maximum absolute atomic E-state index is 12.7. The molecule has 3 aromatic carbocycles. The van der Waals surface area contributed by atoms with E-state index in [0.717, 1.165) is 16.7 Å². The maximum Gasteiger partial charge on any atom is 0.407 e. The Kier molecular flexibility index (Phi) is 9.86. The number of carbonyl (C=O) groups excluding carboxylic acids is 1. The van der Waals surface area contributed by atoms with Crippen LogP contribution in [0.3, 0.4) is 0 Å². The molecule has 0 fully saturated rings. The fourth-order valence-electron chi connectivity index (χ4n) is 3.40. The fourth-order valence-corrected chi connectivity index (χ4v) is 4.74. The van der Waals surface area contributed by atoms with Crippen molar-refractivity contribution in [3.8, 4) is 11.1 Å². The molecule has 10 heteroatoms. The summed E-state index contributed by atoms with van der Waals surface area (Å²) in [6.45, 7) is 0.426. The van der Waals surface area contributed by atoms with Gasteiger partial charge in [0.25, 0.3) is 0 Å². The molecule has 0 spiro atoms. The van der Waals surface area contributed by atoms with Gasteiger partial charge in [0.05, 0.1) is 4.90 Å². The Labute approximate surface area is 215 Å². The Morgan fingerprint density at radius 3 is 2.11 bits per heavy atom. The highest BCUT2D eigenvalue weighted by Crippen LogP contribution is 2.23. The average Bonchev–Trinajstić information content (AvgIpc) is 2.87. The van der Waals surface area contributed by atoms with Crippen molar-refractivity contribution < 1.29 is 27.9 Å². The zero-order chi connectivity index (χ0) is 26.0. The summed E-state index contributed by atoms with van der Waals surface area (Å²) >= 11 is 5.90. The monoisotopic (exact) mass is 530 g/mol. The van der Waals surface area contributed by atoms with Gasteiger partial charge >= 0.3 is 12.1 Å². The molecular formula is C26H27ClN2O6S. The van der Waals surface area contributed by atoms with E-state index in [1.54, 1.807) is 24.3 Å². The number of amides is 1. The summed E-state index contributed by atoms with van der Waals surface area (Å²) in [5.41, 5.74) is 2.54. The molecule has 0 bridgehead atoms. The molecule has 8 nitrogen and oxygen atoms in total. The Balaban J connectivity index is 1.45. The second kappa shape index (κ2) is 13.1. The quantitative estimate of drug-likeness (QED) is 0.288. The number of nitrogens with one attached hydrogen (secondary N) is 2. The Morgan fingerprint density at radius 1 is 0.889 bits per heavy atom. The second-order valence-corrected chi connectivity index (χ2v) is 10.2. The van der Waals surface area contributed by atoms with Gasteiger partial charge in [-0.25, -0.2) is 13.2 Å². The molecule has 0 saturated carbocycles. The number of sulfonamides is 1. The fraction of sp³-hybridized carbons (Fsp3) is 0.231. The van der Waals surface area contributed by atoms with Crippen molar-refractivity contribution in [1.82, 2.24) is 10.0 Å². The van der Waals surface area contributed by atoms with Crippen molar-refractivity contribution in [3.05, 3.63) is 89.4 Å². The molecule has 190 valence electrons. The summed E-state index contributed by atoms with van der Waals surface area (Å²) in [7, 11) is -4.04. The van der Waals surface area contributed by atoms with Crippen LogP contribution in [-0.4, -0.2) is 38.2 Å². The summed E-state index contributed by atoms with van der Waals surface area (Å²) in [4.78, 5) is 23.4. The lowest BCUT2D eigenvalue weighted by Crippen LogP contribution is -2.40. The zero-order valence-electron chi connectivity index (χ0n) is 19.4. The minimum atomic E-state index is -4.04. The molecule has 0 aliphatic rings. The molecule has 1 atom stereocenters. The van der Waals surface area contributed by atoms with Gasteiger partial charge < -0.3 is 15.2 Å². The number of hydrogen-bond donors (Lipinski definition) is 3. The van der Waals surface area contributed by atoms with Crippen molar-refractivity contribution in [2.75, 3.05) is 6.54 Å². The zero-order valence-corrected chi connectivity index (χ0v) is 21.0. The van der Waals surface area contributed by atoms with Crippen LogP contribution in [-0.2, 0) is 26.2 Å². The molecule has 0 radical (unpaired) electrons. The third-order valence-electron chi connectivity index (χ3n) is 5.34. The minimum Gasteiger partial charge on any atom is -0.480 e. The molecule has 3 aromatic rings. The van der Waals surface area contributed by atoms with Crippen molar-refractivity contribution in [1.29, 1.82) is 0 Å². The number of carboxylic acids is 1. The molecule has 3 rings (SSSR count). The summed E-state index contributed by atoms with van der Waals surface area (Å²) in [6, 6.07) is 21.2. The van der Waals surface area contributed by atoms with Gasteiger partial charge in [0, 0.05) is 11.6 Å². The van der Waals surface area contributed by atoms with Crippen molar-refractivity contribution in [3.63, 3.8) is 0 Å². The summed E-state index contributed by atoms with van der Waals surface area (Å²) in [5.74, 6) is -1.27. The normalized spacial score (nSPS) is 12.0. The first-order chi connectivity index (χ1) is 17.2. The van der Waals surface area contributed by atoms with E-state index in [1.807, 2.05) is 42.5 Å². The number of carboxylic acid groups (broad SMARTS) is 1.